The number of rotatable bonds is 4. The summed E-state index contributed by atoms with van der Waals surface area (Å²) >= 11 is 3.13. The predicted octanol–water partition coefficient (Wildman–Crippen LogP) is 3.29. The number of carbonyl (C=O) groups is 1. The molecule has 0 bridgehead atoms. The average Bonchev–Trinajstić information content (AvgIpc) is 2.69. The fraction of sp³-hybridized carbons (Fsp3) is 0.800. The molecule has 128 valence electrons. The number of ether oxygens (including phenoxy) is 2. The number of thioether (sulfide) groups is 2. The first kappa shape index (κ1) is 19.7. The molecular formula is C15H27NO4S2. The van der Waals surface area contributed by atoms with E-state index in [1.165, 1.54) is 4.90 Å². The van der Waals surface area contributed by atoms with E-state index in [1.807, 2.05) is 33.3 Å². The van der Waals surface area contributed by atoms with Gasteiger partial charge in [-0.15, -0.1) is 23.5 Å². The summed E-state index contributed by atoms with van der Waals surface area (Å²) in [6.07, 6.45) is 4.40. The molecule has 0 aliphatic carbocycles. The predicted molar refractivity (Wildman–Crippen MR) is 93.0 cm³/mol. The van der Waals surface area contributed by atoms with Gasteiger partial charge in [0.2, 0.25) is 0 Å². The number of aliphatic hydroxyl groups excluding tert-OH is 1. The van der Waals surface area contributed by atoms with E-state index in [9.17, 15) is 9.90 Å². The first-order valence-electron chi connectivity index (χ1n) is 7.16. The molecule has 0 saturated carbocycles. The maximum Gasteiger partial charge on any atom is 0.413 e. The van der Waals surface area contributed by atoms with Crippen molar-refractivity contribution >= 4 is 29.6 Å². The molecule has 7 heteroatoms. The number of nitrogens with zero attached hydrogens (tertiary/aromatic N) is 1. The molecule has 1 rings (SSSR count). The Morgan fingerprint density at radius 1 is 1.41 bits per heavy atom. The average molecular weight is 350 g/mol. The highest BCUT2D eigenvalue weighted by Crippen LogP contribution is 2.33. The Balaban J connectivity index is 2.98. The van der Waals surface area contributed by atoms with E-state index in [4.69, 9.17) is 9.47 Å². The Kier molecular flexibility index (Phi) is 6.68. The summed E-state index contributed by atoms with van der Waals surface area (Å²) in [4.78, 5) is 14.0. The maximum absolute atomic E-state index is 12.5. The van der Waals surface area contributed by atoms with Gasteiger partial charge in [-0.05, 0) is 53.2 Å². The molecule has 1 aliphatic rings. The fourth-order valence-corrected chi connectivity index (χ4v) is 3.44. The van der Waals surface area contributed by atoms with Crippen LogP contribution in [0.3, 0.4) is 0 Å². The SMILES string of the molecule is CSC(=CC(O)[C@@H]1COC(C)(C)N1C(=O)OC(C)(C)C)SC. The minimum Gasteiger partial charge on any atom is -0.444 e. The molecule has 0 aromatic carbocycles. The standard InChI is InChI=1S/C15H27NO4S2/c1-14(2,3)20-13(18)16-10(9-19-15(16,4)5)11(17)8-12(21-6)22-7/h8,10-11,17H,9H2,1-7H3/t10-,11?/m0/s1. The number of aliphatic hydroxyl groups is 1. The third kappa shape index (κ3) is 5.08. The highest BCUT2D eigenvalue weighted by atomic mass is 32.2. The summed E-state index contributed by atoms with van der Waals surface area (Å²) in [5.41, 5.74) is -1.40. The second-order valence-electron chi connectivity index (χ2n) is 6.56. The van der Waals surface area contributed by atoms with Gasteiger partial charge in [0.1, 0.15) is 11.3 Å². The Labute approximate surface area is 141 Å². The van der Waals surface area contributed by atoms with Crippen LogP contribution in [-0.4, -0.2) is 58.7 Å². The monoisotopic (exact) mass is 349 g/mol. The van der Waals surface area contributed by atoms with Crippen LogP contribution >= 0.6 is 23.5 Å². The lowest BCUT2D eigenvalue weighted by atomic mass is 10.1. The van der Waals surface area contributed by atoms with Gasteiger partial charge < -0.3 is 14.6 Å². The van der Waals surface area contributed by atoms with Gasteiger partial charge in [0.15, 0.2) is 0 Å². The van der Waals surface area contributed by atoms with E-state index in [0.29, 0.717) is 0 Å². The lowest BCUT2D eigenvalue weighted by Crippen LogP contribution is -2.53. The molecule has 1 fully saturated rings. The van der Waals surface area contributed by atoms with Gasteiger partial charge in [0.25, 0.3) is 0 Å². The van der Waals surface area contributed by atoms with E-state index in [0.717, 1.165) is 4.24 Å². The van der Waals surface area contributed by atoms with Crippen LogP contribution in [0.2, 0.25) is 0 Å². The van der Waals surface area contributed by atoms with E-state index in [1.54, 1.807) is 43.4 Å². The van der Waals surface area contributed by atoms with Crippen molar-refractivity contribution in [3.63, 3.8) is 0 Å². The maximum atomic E-state index is 12.5. The minimum atomic E-state index is -0.805. The zero-order valence-electron chi connectivity index (χ0n) is 14.4. The van der Waals surface area contributed by atoms with Crippen LogP contribution in [0.1, 0.15) is 34.6 Å². The minimum absolute atomic E-state index is 0.278. The van der Waals surface area contributed by atoms with Crippen molar-refractivity contribution in [1.82, 2.24) is 4.90 Å². The van der Waals surface area contributed by atoms with Crippen LogP contribution in [-0.2, 0) is 9.47 Å². The molecule has 0 spiro atoms. The summed E-state index contributed by atoms with van der Waals surface area (Å²) in [7, 11) is 0. The molecule has 1 amide bonds. The number of hydrogen-bond donors (Lipinski definition) is 1. The van der Waals surface area contributed by atoms with Gasteiger partial charge in [0, 0.05) is 4.24 Å². The molecule has 1 aliphatic heterocycles. The van der Waals surface area contributed by atoms with Crippen LogP contribution in [0.25, 0.3) is 0 Å². The summed E-state index contributed by atoms with van der Waals surface area (Å²) in [5.74, 6) is 0. The second-order valence-corrected chi connectivity index (χ2v) is 8.51. The van der Waals surface area contributed by atoms with Crippen molar-refractivity contribution in [2.45, 2.75) is 58.1 Å². The van der Waals surface area contributed by atoms with Crippen molar-refractivity contribution < 1.29 is 19.4 Å². The molecule has 1 unspecified atom stereocenters. The van der Waals surface area contributed by atoms with Gasteiger partial charge in [0.05, 0.1) is 18.8 Å². The lowest BCUT2D eigenvalue weighted by molar-refractivity contribution is -0.0660. The highest BCUT2D eigenvalue weighted by Gasteiger charge is 2.48. The topological polar surface area (TPSA) is 59.0 Å². The zero-order valence-corrected chi connectivity index (χ0v) is 16.0. The molecule has 22 heavy (non-hydrogen) atoms. The van der Waals surface area contributed by atoms with E-state index >= 15 is 0 Å². The van der Waals surface area contributed by atoms with E-state index in [-0.39, 0.29) is 6.61 Å². The quantitative estimate of drug-likeness (QED) is 0.840. The molecular weight excluding hydrogens is 322 g/mol. The molecule has 0 radical (unpaired) electrons. The van der Waals surface area contributed by atoms with Crippen LogP contribution in [0.4, 0.5) is 4.79 Å². The molecule has 2 atom stereocenters. The van der Waals surface area contributed by atoms with Crippen LogP contribution in [0.15, 0.2) is 10.3 Å². The molecule has 1 saturated heterocycles. The first-order chi connectivity index (χ1) is 10.0. The Hall–Kier alpha value is -0.370. The zero-order chi connectivity index (χ0) is 17.1. The van der Waals surface area contributed by atoms with Crippen LogP contribution in [0, 0.1) is 0 Å². The third-order valence-electron chi connectivity index (χ3n) is 3.21. The van der Waals surface area contributed by atoms with Crippen molar-refractivity contribution in [2.24, 2.45) is 0 Å². The Bertz CT molecular complexity index is 426. The number of amides is 1. The fourth-order valence-electron chi connectivity index (χ4n) is 2.22. The Morgan fingerprint density at radius 2 is 1.95 bits per heavy atom. The van der Waals surface area contributed by atoms with Crippen molar-refractivity contribution in [1.29, 1.82) is 0 Å². The molecule has 1 heterocycles. The molecule has 5 nitrogen and oxygen atoms in total. The van der Waals surface area contributed by atoms with Crippen molar-refractivity contribution in [3.8, 4) is 0 Å². The molecule has 0 aromatic rings. The largest absolute Gasteiger partial charge is 0.444 e. The van der Waals surface area contributed by atoms with Gasteiger partial charge in [-0.1, -0.05) is 0 Å². The van der Waals surface area contributed by atoms with Crippen molar-refractivity contribution in [2.75, 3.05) is 19.1 Å². The van der Waals surface area contributed by atoms with E-state index in [2.05, 4.69) is 0 Å². The van der Waals surface area contributed by atoms with Gasteiger partial charge in [-0.2, -0.15) is 0 Å². The smallest absolute Gasteiger partial charge is 0.413 e. The van der Waals surface area contributed by atoms with Crippen LogP contribution < -0.4 is 0 Å². The highest BCUT2D eigenvalue weighted by molar-refractivity contribution is 8.21. The third-order valence-corrected chi connectivity index (χ3v) is 5.29. The second kappa shape index (κ2) is 7.47. The molecule has 0 aromatic heterocycles. The van der Waals surface area contributed by atoms with Crippen molar-refractivity contribution in [3.05, 3.63) is 10.3 Å². The number of hydrogen-bond acceptors (Lipinski definition) is 6. The molecule has 1 N–H and O–H groups in total. The van der Waals surface area contributed by atoms with E-state index < -0.39 is 29.6 Å². The normalized spacial score (nSPS) is 22.4. The van der Waals surface area contributed by atoms with Crippen LogP contribution in [0.5, 0.6) is 0 Å². The summed E-state index contributed by atoms with van der Waals surface area (Å²) in [6, 6.07) is -0.459. The van der Waals surface area contributed by atoms with Gasteiger partial charge >= 0.3 is 6.09 Å². The Morgan fingerprint density at radius 3 is 2.41 bits per heavy atom. The lowest BCUT2D eigenvalue weighted by Gasteiger charge is -2.36. The number of carbonyl (C=O) groups excluding carboxylic acids is 1. The summed E-state index contributed by atoms with van der Waals surface area (Å²) in [5, 5.41) is 10.5. The van der Waals surface area contributed by atoms with Gasteiger partial charge in [-0.3, -0.25) is 4.90 Å². The summed E-state index contributed by atoms with van der Waals surface area (Å²) < 4.78 is 12.2. The van der Waals surface area contributed by atoms with Gasteiger partial charge in [-0.25, -0.2) is 4.79 Å². The summed E-state index contributed by atoms with van der Waals surface area (Å²) in [6.45, 7) is 9.34. The first-order valence-corrected chi connectivity index (χ1v) is 9.61.